The second-order valence-electron chi connectivity index (χ2n) is 5.41. The number of hydrogen-bond donors (Lipinski definition) is 1. The fourth-order valence-electron chi connectivity index (χ4n) is 2.66. The van der Waals surface area contributed by atoms with Gasteiger partial charge in [0.2, 0.25) is 5.75 Å². The highest BCUT2D eigenvalue weighted by atomic mass is 16.6. The highest BCUT2D eigenvalue weighted by Gasteiger charge is 2.24. The number of aromatic nitrogens is 2. The third kappa shape index (κ3) is 3.26. The van der Waals surface area contributed by atoms with E-state index in [1.807, 2.05) is 19.1 Å². The first-order valence-corrected chi connectivity index (χ1v) is 8.19. The Labute approximate surface area is 149 Å². The molecular formula is C18H19N3O5. The highest BCUT2D eigenvalue weighted by molar-refractivity contribution is 5.82. The first-order valence-electron chi connectivity index (χ1n) is 8.19. The van der Waals surface area contributed by atoms with Gasteiger partial charge in [0, 0.05) is 17.7 Å². The van der Waals surface area contributed by atoms with Crippen LogP contribution in [0, 0.1) is 10.1 Å². The molecule has 0 fully saturated rings. The molecule has 0 bridgehead atoms. The molecule has 0 saturated carbocycles. The van der Waals surface area contributed by atoms with Crippen LogP contribution in [0.5, 0.6) is 17.2 Å². The molecule has 8 heteroatoms. The van der Waals surface area contributed by atoms with Gasteiger partial charge in [0.15, 0.2) is 5.75 Å². The maximum absolute atomic E-state index is 11.5. The summed E-state index contributed by atoms with van der Waals surface area (Å²) in [4.78, 5) is 18.7. The van der Waals surface area contributed by atoms with Crippen molar-refractivity contribution >= 4 is 16.7 Å². The van der Waals surface area contributed by atoms with E-state index >= 15 is 0 Å². The summed E-state index contributed by atoms with van der Waals surface area (Å²) < 4.78 is 16.2. The van der Waals surface area contributed by atoms with Gasteiger partial charge < -0.3 is 19.2 Å². The molecule has 0 aliphatic heterocycles. The minimum absolute atomic E-state index is 0.126. The summed E-state index contributed by atoms with van der Waals surface area (Å²) in [7, 11) is 1.59. The maximum atomic E-state index is 11.5. The molecule has 0 unspecified atom stereocenters. The largest absolute Gasteiger partial charge is 0.497 e. The molecule has 3 rings (SSSR count). The molecule has 1 aromatic heterocycles. The van der Waals surface area contributed by atoms with Crippen LogP contribution in [0.25, 0.3) is 22.4 Å². The van der Waals surface area contributed by atoms with Gasteiger partial charge in [-0.05, 0) is 32.0 Å². The van der Waals surface area contributed by atoms with Gasteiger partial charge >= 0.3 is 5.69 Å². The lowest BCUT2D eigenvalue weighted by Crippen LogP contribution is -2.03. The number of imidazole rings is 1. The number of nitrogens with zero attached hydrogens (tertiary/aromatic N) is 2. The number of nitro benzene ring substituents is 1. The fourth-order valence-corrected chi connectivity index (χ4v) is 2.66. The Bertz CT molecular complexity index is 951. The molecule has 136 valence electrons. The summed E-state index contributed by atoms with van der Waals surface area (Å²) in [6, 6.07) is 8.57. The van der Waals surface area contributed by atoms with Crippen molar-refractivity contribution in [2.24, 2.45) is 0 Å². The monoisotopic (exact) mass is 357 g/mol. The molecule has 0 radical (unpaired) electrons. The Kier molecular flexibility index (Phi) is 4.92. The van der Waals surface area contributed by atoms with Crippen LogP contribution in [0.15, 0.2) is 30.3 Å². The highest BCUT2D eigenvalue weighted by Crippen LogP contribution is 2.41. The van der Waals surface area contributed by atoms with Gasteiger partial charge in [0.05, 0.1) is 36.3 Å². The van der Waals surface area contributed by atoms with Crippen molar-refractivity contribution in [2.45, 2.75) is 13.8 Å². The van der Waals surface area contributed by atoms with Gasteiger partial charge in [-0.2, -0.15) is 0 Å². The van der Waals surface area contributed by atoms with Crippen molar-refractivity contribution in [3.8, 4) is 28.6 Å². The normalized spacial score (nSPS) is 10.7. The van der Waals surface area contributed by atoms with Crippen LogP contribution in [0.3, 0.4) is 0 Å². The number of nitro groups is 1. The molecule has 0 spiro atoms. The van der Waals surface area contributed by atoms with Crippen molar-refractivity contribution < 1.29 is 19.1 Å². The van der Waals surface area contributed by atoms with Crippen LogP contribution in [0.2, 0.25) is 0 Å². The van der Waals surface area contributed by atoms with Crippen LogP contribution in [0.4, 0.5) is 5.69 Å². The van der Waals surface area contributed by atoms with E-state index in [0.29, 0.717) is 36.1 Å². The molecule has 0 amide bonds. The predicted molar refractivity (Wildman–Crippen MR) is 97.1 cm³/mol. The first kappa shape index (κ1) is 17.5. The summed E-state index contributed by atoms with van der Waals surface area (Å²) in [5, 5.41) is 11.5. The minimum Gasteiger partial charge on any atom is -0.497 e. The maximum Gasteiger partial charge on any atom is 0.315 e. The molecule has 1 heterocycles. The van der Waals surface area contributed by atoms with E-state index in [2.05, 4.69) is 9.97 Å². The second kappa shape index (κ2) is 7.30. The Hall–Kier alpha value is -3.29. The molecule has 0 atom stereocenters. The van der Waals surface area contributed by atoms with Crippen LogP contribution in [0.1, 0.15) is 13.8 Å². The average molecular weight is 357 g/mol. The first-order chi connectivity index (χ1) is 12.6. The standard InChI is InChI=1S/C18H19N3O5/c1-4-25-16-9-11(8-15(21(22)23)17(16)26-5-2)18-19-13-7-6-12(24-3)10-14(13)20-18/h6-10H,4-5H2,1-3H3,(H,19,20). The Morgan fingerprint density at radius 1 is 1.15 bits per heavy atom. The van der Waals surface area contributed by atoms with Crippen LogP contribution < -0.4 is 14.2 Å². The van der Waals surface area contributed by atoms with E-state index in [1.165, 1.54) is 6.07 Å². The van der Waals surface area contributed by atoms with E-state index in [1.54, 1.807) is 26.2 Å². The van der Waals surface area contributed by atoms with Crippen molar-refractivity contribution in [3.63, 3.8) is 0 Å². The van der Waals surface area contributed by atoms with Gasteiger partial charge in [-0.25, -0.2) is 4.98 Å². The lowest BCUT2D eigenvalue weighted by molar-refractivity contribution is -0.385. The van der Waals surface area contributed by atoms with Crippen LogP contribution in [-0.4, -0.2) is 35.2 Å². The number of ether oxygens (including phenoxy) is 3. The zero-order chi connectivity index (χ0) is 18.7. The summed E-state index contributed by atoms with van der Waals surface area (Å²) in [5.74, 6) is 1.64. The van der Waals surface area contributed by atoms with Crippen LogP contribution >= 0.6 is 0 Å². The van der Waals surface area contributed by atoms with E-state index < -0.39 is 4.92 Å². The number of nitrogens with one attached hydrogen (secondary N) is 1. The number of hydrogen-bond acceptors (Lipinski definition) is 6. The molecule has 0 saturated heterocycles. The molecular weight excluding hydrogens is 338 g/mol. The van der Waals surface area contributed by atoms with Gasteiger partial charge in [-0.15, -0.1) is 0 Å². The number of methoxy groups -OCH3 is 1. The number of rotatable bonds is 7. The van der Waals surface area contributed by atoms with E-state index in [9.17, 15) is 10.1 Å². The topological polar surface area (TPSA) is 99.5 Å². The van der Waals surface area contributed by atoms with E-state index in [-0.39, 0.29) is 11.4 Å². The number of benzene rings is 2. The molecule has 1 N–H and O–H groups in total. The minimum atomic E-state index is -0.483. The van der Waals surface area contributed by atoms with Crippen molar-refractivity contribution in [3.05, 3.63) is 40.4 Å². The van der Waals surface area contributed by atoms with Gasteiger partial charge in [0.1, 0.15) is 11.6 Å². The number of fused-ring (bicyclic) bond motifs is 1. The Morgan fingerprint density at radius 3 is 2.58 bits per heavy atom. The zero-order valence-corrected chi connectivity index (χ0v) is 14.7. The summed E-state index contributed by atoms with van der Waals surface area (Å²) in [5.41, 5.74) is 1.88. The lowest BCUT2D eigenvalue weighted by Gasteiger charge is -2.12. The molecule has 0 aliphatic rings. The van der Waals surface area contributed by atoms with Gasteiger partial charge in [0.25, 0.3) is 0 Å². The Morgan fingerprint density at radius 2 is 1.92 bits per heavy atom. The molecule has 3 aromatic rings. The number of aromatic amines is 1. The zero-order valence-electron chi connectivity index (χ0n) is 14.7. The number of H-pyrrole nitrogens is 1. The van der Waals surface area contributed by atoms with Gasteiger partial charge in [-0.1, -0.05) is 0 Å². The third-order valence-electron chi connectivity index (χ3n) is 3.78. The summed E-state index contributed by atoms with van der Waals surface area (Å²) >= 11 is 0. The van der Waals surface area contributed by atoms with Crippen molar-refractivity contribution in [1.82, 2.24) is 9.97 Å². The SMILES string of the molecule is CCOc1cc(-c2nc3ccc(OC)cc3[nH]2)cc([N+](=O)[O-])c1OCC. The molecule has 0 aliphatic carbocycles. The molecule has 8 nitrogen and oxygen atoms in total. The molecule has 26 heavy (non-hydrogen) atoms. The third-order valence-corrected chi connectivity index (χ3v) is 3.78. The smallest absolute Gasteiger partial charge is 0.315 e. The van der Waals surface area contributed by atoms with Crippen molar-refractivity contribution in [2.75, 3.05) is 20.3 Å². The predicted octanol–water partition coefficient (Wildman–Crippen LogP) is 3.94. The second-order valence-corrected chi connectivity index (χ2v) is 5.41. The average Bonchev–Trinajstić information content (AvgIpc) is 3.06. The molecule has 2 aromatic carbocycles. The van der Waals surface area contributed by atoms with Crippen LogP contribution in [-0.2, 0) is 0 Å². The quantitative estimate of drug-likeness (QED) is 0.508. The van der Waals surface area contributed by atoms with E-state index in [0.717, 1.165) is 11.0 Å². The summed E-state index contributed by atoms with van der Waals surface area (Å²) in [6.07, 6.45) is 0. The van der Waals surface area contributed by atoms with Crippen molar-refractivity contribution in [1.29, 1.82) is 0 Å². The fraction of sp³-hybridized carbons (Fsp3) is 0.278. The lowest BCUT2D eigenvalue weighted by atomic mass is 10.1. The van der Waals surface area contributed by atoms with Gasteiger partial charge in [-0.3, -0.25) is 10.1 Å². The Balaban J connectivity index is 2.16. The van der Waals surface area contributed by atoms with E-state index in [4.69, 9.17) is 14.2 Å². The summed E-state index contributed by atoms with van der Waals surface area (Å²) in [6.45, 7) is 4.23.